The second-order valence-corrected chi connectivity index (χ2v) is 10.4. The molecule has 5 rings (SSSR count). The normalized spacial score (nSPS) is 11.7. The topological polar surface area (TPSA) is 128 Å². The third kappa shape index (κ3) is 7.24. The van der Waals surface area contributed by atoms with Crippen molar-refractivity contribution in [2.45, 2.75) is 39.3 Å². The highest BCUT2D eigenvalue weighted by Gasteiger charge is 2.19. The molecule has 2 aromatic heterocycles. The van der Waals surface area contributed by atoms with Crippen molar-refractivity contribution in [3.8, 4) is 28.3 Å². The highest BCUT2D eigenvalue weighted by atomic mass is 19.1. The fourth-order valence-electron chi connectivity index (χ4n) is 4.43. The Hall–Kier alpha value is -5.58. The standard InChI is InChI=1S/C33H30FN5O5/c1-20(2)43-33(42)36-24-9-11-26(12-10-24)39-18-29(37-38-39)27-13-6-22(17-28(27)34)16-25(19-40)35-32(41)31-15-14-30(44-31)23-7-4-21(3)5-8-23/h4-15,17-20,25H,16H2,1-3H3,(H,35,41)(H,36,42)/t25-/m1/s1. The number of carbonyl (C=O) groups excluding carboxylic acids is 3. The number of hydrogen-bond donors (Lipinski definition) is 2. The van der Waals surface area contributed by atoms with Crippen LogP contribution >= 0.6 is 0 Å². The predicted molar refractivity (Wildman–Crippen MR) is 162 cm³/mol. The molecule has 0 saturated heterocycles. The van der Waals surface area contributed by atoms with Gasteiger partial charge in [0, 0.05) is 16.8 Å². The Morgan fingerprint density at radius 3 is 2.45 bits per heavy atom. The molecule has 0 unspecified atom stereocenters. The van der Waals surface area contributed by atoms with E-state index in [2.05, 4.69) is 20.9 Å². The Balaban J connectivity index is 1.21. The van der Waals surface area contributed by atoms with E-state index in [4.69, 9.17) is 9.15 Å². The maximum absolute atomic E-state index is 15.2. The lowest BCUT2D eigenvalue weighted by Crippen LogP contribution is -2.37. The average molecular weight is 596 g/mol. The van der Waals surface area contributed by atoms with Crippen LogP contribution in [0.15, 0.2) is 89.5 Å². The van der Waals surface area contributed by atoms with Crippen LogP contribution in [0.1, 0.15) is 35.5 Å². The minimum Gasteiger partial charge on any atom is -0.451 e. The number of benzene rings is 3. The second-order valence-electron chi connectivity index (χ2n) is 10.4. The van der Waals surface area contributed by atoms with Crippen LogP contribution in [-0.4, -0.2) is 45.4 Å². The lowest BCUT2D eigenvalue weighted by molar-refractivity contribution is -0.109. The molecule has 0 bridgehead atoms. The number of aryl methyl sites for hydroxylation is 1. The second kappa shape index (κ2) is 13.2. The number of furan rings is 1. The molecule has 0 fully saturated rings. The van der Waals surface area contributed by atoms with Crippen molar-refractivity contribution in [1.82, 2.24) is 20.3 Å². The zero-order valence-electron chi connectivity index (χ0n) is 24.3. The van der Waals surface area contributed by atoms with Crippen molar-refractivity contribution in [1.29, 1.82) is 0 Å². The molecule has 0 aliphatic carbocycles. The number of amides is 2. The van der Waals surface area contributed by atoms with E-state index in [0.717, 1.165) is 11.1 Å². The molecule has 2 heterocycles. The van der Waals surface area contributed by atoms with E-state index in [0.29, 0.717) is 34.7 Å². The van der Waals surface area contributed by atoms with Crippen molar-refractivity contribution in [2.24, 2.45) is 0 Å². The lowest BCUT2D eigenvalue weighted by atomic mass is 10.0. The highest BCUT2D eigenvalue weighted by molar-refractivity contribution is 5.93. The van der Waals surface area contributed by atoms with Crippen LogP contribution < -0.4 is 10.6 Å². The zero-order chi connectivity index (χ0) is 31.2. The Kier molecular flexibility index (Phi) is 8.94. The van der Waals surface area contributed by atoms with E-state index >= 15 is 4.39 Å². The summed E-state index contributed by atoms with van der Waals surface area (Å²) in [6, 6.07) is 21.4. The lowest BCUT2D eigenvalue weighted by Gasteiger charge is -2.12. The first-order valence-corrected chi connectivity index (χ1v) is 13.9. The molecule has 0 aliphatic heterocycles. The molecule has 1 atom stereocenters. The minimum absolute atomic E-state index is 0.0663. The Morgan fingerprint density at radius 1 is 1.02 bits per heavy atom. The number of aldehydes is 1. The summed E-state index contributed by atoms with van der Waals surface area (Å²) in [7, 11) is 0. The van der Waals surface area contributed by atoms with Crippen LogP contribution in [0.2, 0.25) is 0 Å². The summed E-state index contributed by atoms with van der Waals surface area (Å²) >= 11 is 0. The summed E-state index contributed by atoms with van der Waals surface area (Å²) < 4.78 is 27.4. The number of halogens is 1. The molecular weight excluding hydrogens is 565 g/mol. The van der Waals surface area contributed by atoms with Crippen LogP contribution in [0.4, 0.5) is 14.9 Å². The summed E-state index contributed by atoms with van der Waals surface area (Å²) in [5.41, 5.74) is 4.16. The number of ether oxygens (including phenoxy) is 1. The Morgan fingerprint density at radius 2 is 1.77 bits per heavy atom. The van der Waals surface area contributed by atoms with Gasteiger partial charge in [0.25, 0.3) is 5.91 Å². The van der Waals surface area contributed by atoms with E-state index in [-0.39, 0.29) is 23.8 Å². The van der Waals surface area contributed by atoms with Gasteiger partial charge < -0.3 is 19.3 Å². The van der Waals surface area contributed by atoms with Gasteiger partial charge in [0.2, 0.25) is 0 Å². The van der Waals surface area contributed by atoms with E-state index in [9.17, 15) is 14.4 Å². The van der Waals surface area contributed by atoms with Gasteiger partial charge in [-0.05, 0) is 81.3 Å². The Bertz CT molecular complexity index is 1780. The molecular formula is C33H30FN5O5. The zero-order valence-corrected chi connectivity index (χ0v) is 24.3. The molecule has 0 aliphatic rings. The number of anilines is 1. The molecule has 5 aromatic rings. The van der Waals surface area contributed by atoms with Gasteiger partial charge in [0.1, 0.15) is 23.6 Å². The number of hydrogen-bond acceptors (Lipinski definition) is 7. The van der Waals surface area contributed by atoms with Gasteiger partial charge in [-0.2, -0.15) is 0 Å². The molecule has 3 aromatic carbocycles. The first-order valence-electron chi connectivity index (χ1n) is 13.9. The van der Waals surface area contributed by atoms with Crippen molar-refractivity contribution < 1.29 is 27.9 Å². The van der Waals surface area contributed by atoms with E-state index in [1.54, 1.807) is 68.6 Å². The number of rotatable bonds is 10. The first-order chi connectivity index (χ1) is 21.2. The number of aromatic nitrogens is 3. The van der Waals surface area contributed by atoms with Gasteiger partial charge in [-0.15, -0.1) is 5.10 Å². The summed E-state index contributed by atoms with van der Waals surface area (Å²) in [5.74, 6) is -0.502. The molecule has 0 saturated carbocycles. The van der Waals surface area contributed by atoms with Crippen LogP contribution in [0.3, 0.4) is 0 Å². The number of nitrogens with zero attached hydrogens (tertiary/aromatic N) is 3. The fraction of sp³-hybridized carbons (Fsp3) is 0.182. The molecule has 11 heteroatoms. The van der Waals surface area contributed by atoms with Crippen molar-refractivity contribution in [3.63, 3.8) is 0 Å². The first kappa shape index (κ1) is 29.9. The van der Waals surface area contributed by atoms with Crippen LogP contribution in [-0.2, 0) is 16.0 Å². The minimum atomic E-state index is -0.897. The monoisotopic (exact) mass is 595 g/mol. The molecule has 224 valence electrons. The molecule has 0 spiro atoms. The third-order valence-corrected chi connectivity index (χ3v) is 6.63. The van der Waals surface area contributed by atoms with Gasteiger partial charge in [0.15, 0.2) is 5.76 Å². The van der Waals surface area contributed by atoms with Crippen LogP contribution in [0.5, 0.6) is 0 Å². The molecule has 10 nitrogen and oxygen atoms in total. The van der Waals surface area contributed by atoms with Crippen LogP contribution in [0.25, 0.3) is 28.3 Å². The quantitative estimate of drug-likeness (QED) is 0.186. The molecule has 0 radical (unpaired) electrons. The van der Waals surface area contributed by atoms with Gasteiger partial charge >= 0.3 is 6.09 Å². The van der Waals surface area contributed by atoms with Crippen molar-refractivity contribution in [2.75, 3.05) is 5.32 Å². The maximum Gasteiger partial charge on any atom is 0.411 e. The van der Waals surface area contributed by atoms with Crippen molar-refractivity contribution >= 4 is 24.0 Å². The van der Waals surface area contributed by atoms with E-state index in [1.807, 2.05) is 31.2 Å². The maximum atomic E-state index is 15.2. The third-order valence-electron chi connectivity index (χ3n) is 6.63. The smallest absolute Gasteiger partial charge is 0.411 e. The summed E-state index contributed by atoms with van der Waals surface area (Å²) in [6.07, 6.45) is 1.47. The highest BCUT2D eigenvalue weighted by Crippen LogP contribution is 2.25. The fourth-order valence-corrected chi connectivity index (χ4v) is 4.43. The average Bonchev–Trinajstić information content (AvgIpc) is 3.68. The Labute approximate surface area is 252 Å². The van der Waals surface area contributed by atoms with Gasteiger partial charge in [-0.1, -0.05) is 41.1 Å². The summed E-state index contributed by atoms with van der Waals surface area (Å²) in [6.45, 7) is 5.49. The molecule has 2 N–H and O–H groups in total. The predicted octanol–water partition coefficient (Wildman–Crippen LogP) is 6.14. The van der Waals surface area contributed by atoms with Gasteiger partial charge in [0.05, 0.1) is 24.0 Å². The summed E-state index contributed by atoms with van der Waals surface area (Å²) in [5, 5.41) is 13.5. The SMILES string of the molecule is Cc1ccc(-c2ccc(C(=O)N[C@@H](C=O)Cc3ccc(-c4cn(-c5ccc(NC(=O)OC(C)C)cc5)nn4)c(F)c3)o2)cc1. The van der Waals surface area contributed by atoms with Gasteiger partial charge in [-0.25, -0.2) is 13.9 Å². The van der Waals surface area contributed by atoms with Gasteiger partial charge in [-0.3, -0.25) is 10.1 Å². The van der Waals surface area contributed by atoms with E-state index < -0.39 is 23.9 Å². The van der Waals surface area contributed by atoms with E-state index in [1.165, 1.54) is 10.7 Å². The largest absolute Gasteiger partial charge is 0.451 e. The number of nitrogens with one attached hydrogen (secondary N) is 2. The number of carbonyl (C=O) groups is 3. The molecule has 2 amide bonds. The van der Waals surface area contributed by atoms with Crippen LogP contribution in [0, 0.1) is 12.7 Å². The summed E-state index contributed by atoms with van der Waals surface area (Å²) in [4.78, 5) is 36.3. The molecule has 44 heavy (non-hydrogen) atoms. The van der Waals surface area contributed by atoms with Crippen molar-refractivity contribution in [3.05, 3.63) is 108 Å².